The molecule has 0 aromatic carbocycles. The molecule has 0 aromatic rings. The van der Waals surface area contributed by atoms with Crippen LogP contribution in [0.25, 0.3) is 0 Å². The molecule has 4 atom stereocenters. The number of aliphatic carboxylic acids is 1. The van der Waals surface area contributed by atoms with Crippen LogP contribution in [0.4, 0.5) is 0 Å². The number of carboxylic acids is 1. The molecule has 2 aliphatic rings. The van der Waals surface area contributed by atoms with Crippen LogP contribution in [0.2, 0.25) is 0 Å². The van der Waals surface area contributed by atoms with E-state index < -0.39 is 11.9 Å². The fourth-order valence-electron chi connectivity index (χ4n) is 3.39. The third kappa shape index (κ3) is 3.14. The number of nitrogens with zero attached hydrogens (tertiary/aromatic N) is 1. The number of carboxylic acid groups (broad SMARTS) is 1. The first-order chi connectivity index (χ1) is 9.54. The van der Waals surface area contributed by atoms with E-state index in [-0.39, 0.29) is 24.0 Å². The molecule has 0 aromatic heterocycles. The molecule has 1 saturated heterocycles. The van der Waals surface area contributed by atoms with Crippen molar-refractivity contribution in [1.29, 1.82) is 0 Å². The van der Waals surface area contributed by atoms with Crippen LogP contribution in [0, 0.1) is 11.8 Å². The Kier molecular flexibility index (Phi) is 5.02. The fourth-order valence-corrected chi connectivity index (χ4v) is 3.39. The van der Waals surface area contributed by atoms with Crippen LogP contribution in [0.15, 0.2) is 0 Å². The molecule has 4 unspecified atom stereocenters. The van der Waals surface area contributed by atoms with Crippen molar-refractivity contribution in [3.63, 3.8) is 0 Å². The lowest BCUT2D eigenvalue weighted by atomic mass is 9.78. The zero-order valence-corrected chi connectivity index (χ0v) is 12.4. The van der Waals surface area contributed by atoms with Crippen molar-refractivity contribution in [2.45, 2.75) is 58.1 Å². The predicted octanol–water partition coefficient (Wildman–Crippen LogP) is 1.90. The van der Waals surface area contributed by atoms with Crippen molar-refractivity contribution in [2.75, 3.05) is 13.2 Å². The highest BCUT2D eigenvalue weighted by molar-refractivity contribution is 5.85. The molecule has 0 spiro atoms. The predicted molar refractivity (Wildman–Crippen MR) is 74.3 cm³/mol. The number of hydrogen-bond donors (Lipinski definition) is 1. The highest BCUT2D eigenvalue weighted by atomic mass is 16.5. The van der Waals surface area contributed by atoms with E-state index in [1.165, 1.54) is 0 Å². The number of rotatable bonds is 3. The smallest absolute Gasteiger partial charge is 0.307 e. The molecule has 20 heavy (non-hydrogen) atoms. The van der Waals surface area contributed by atoms with Gasteiger partial charge in [0.2, 0.25) is 5.91 Å². The average Bonchev–Trinajstić information content (AvgIpc) is 2.46. The molecule has 114 valence electrons. The van der Waals surface area contributed by atoms with Crippen LogP contribution < -0.4 is 0 Å². The zero-order valence-electron chi connectivity index (χ0n) is 12.4. The normalized spacial score (nSPS) is 34.8. The topological polar surface area (TPSA) is 66.8 Å². The lowest BCUT2D eigenvalue weighted by molar-refractivity contribution is -0.159. The van der Waals surface area contributed by atoms with Crippen molar-refractivity contribution < 1.29 is 19.4 Å². The largest absolute Gasteiger partial charge is 0.481 e. The van der Waals surface area contributed by atoms with E-state index in [4.69, 9.17) is 4.74 Å². The van der Waals surface area contributed by atoms with Crippen molar-refractivity contribution in [1.82, 2.24) is 4.90 Å². The quantitative estimate of drug-likeness (QED) is 0.859. The highest BCUT2D eigenvalue weighted by Crippen LogP contribution is 2.33. The standard InChI is InChI=1S/C15H25NO4/c1-3-11-9-20-10(2)8-16(11)14(17)12-6-4-5-7-13(12)15(18)19/h10-13H,3-9H2,1-2H3,(H,18,19). The minimum Gasteiger partial charge on any atom is -0.481 e. The Morgan fingerprint density at radius 2 is 1.90 bits per heavy atom. The summed E-state index contributed by atoms with van der Waals surface area (Å²) in [7, 11) is 0. The van der Waals surface area contributed by atoms with Crippen molar-refractivity contribution in [3.05, 3.63) is 0 Å². The Hall–Kier alpha value is -1.10. The van der Waals surface area contributed by atoms with Gasteiger partial charge in [-0.3, -0.25) is 9.59 Å². The van der Waals surface area contributed by atoms with Gasteiger partial charge in [-0.1, -0.05) is 19.8 Å². The van der Waals surface area contributed by atoms with Gasteiger partial charge in [0.05, 0.1) is 30.6 Å². The average molecular weight is 283 g/mol. The first-order valence-corrected chi connectivity index (χ1v) is 7.69. The Morgan fingerprint density at radius 1 is 1.25 bits per heavy atom. The van der Waals surface area contributed by atoms with Gasteiger partial charge in [0.15, 0.2) is 0 Å². The number of carbonyl (C=O) groups is 2. The summed E-state index contributed by atoms with van der Waals surface area (Å²) in [5, 5.41) is 9.34. The number of morpholine rings is 1. The van der Waals surface area contributed by atoms with Crippen LogP contribution >= 0.6 is 0 Å². The summed E-state index contributed by atoms with van der Waals surface area (Å²) in [6.45, 7) is 5.15. The maximum atomic E-state index is 12.8. The summed E-state index contributed by atoms with van der Waals surface area (Å²) in [5.41, 5.74) is 0. The van der Waals surface area contributed by atoms with E-state index in [0.717, 1.165) is 19.3 Å². The molecule has 5 nitrogen and oxygen atoms in total. The Bertz CT molecular complexity index is 371. The highest BCUT2D eigenvalue weighted by Gasteiger charge is 2.40. The van der Waals surface area contributed by atoms with Gasteiger partial charge in [0.1, 0.15) is 0 Å². The summed E-state index contributed by atoms with van der Waals surface area (Å²) >= 11 is 0. The van der Waals surface area contributed by atoms with E-state index in [1.54, 1.807) is 0 Å². The molecule has 1 amide bonds. The monoisotopic (exact) mass is 283 g/mol. The van der Waals surface area contributed by atoms with Crippen LogP contribution in [-0.2, 0) is 14.3 Å². The third-order valence-corrected chi connectivity index (χ3v) is 4.62. The minimum atomic E-state index is -0.822. The van der Waals surface area contributed by atoms with Gasteiger partial charge in [-0.25, -0.2) is 0 Å². The molecular formula is C15H25NO4. The summed E-state index contributed by atoms with van der Waals surface area (Å²) in [4.78, 5) is 26.0. The number of ether oxygens (including phenoxy) is 1. The maximum Gasteiger partial charge on any atom is 0.307 e. The van der Waals surface area contributed by atoms with Gasteiger partial charge in [0, 0.05) is 6.54 Å². The third-order valence-electron chi connectivity index (χ3n) is 4.62. The van der Waals surface area contributed by atoms with E-state index >= 15 is 0 Å². The first-order valence-electron chi connectivity index (χ1n) is 7.69. The lowest BCUT2D eigenvalue weighted by Crippen LogP contribution is -2.54. The Balaban J connectivity index is 2.12. The van der Waals surface area contributed by atoms with Gasteiger partial charge in [-0.05, 0) is 26.2 Å². The van der Waals surface area contributed by atoms with Crippen LogP contribution in [-0.4, -0.2) is 47.2 Å². The van der Waals surface area contributed by atoms with Crippen LogP contribution in [0.5, 0.6) is 0 Å². The maximum absolute atomic E-state index is 12.8. The molecule has 5 heteroatoms. The molecule has 2 fully saturated rings. The molecular weight excluding hydrogens is 258 g/mol. The first kappa shape index (κ1) is 15.3. The van der Waals surface area contributed by atoms with Gasteiger partial charge >= 0.3 is 5.97 Å². The lowest BCUT2D eigenvalue weighted by Gasteiger charge is -2.41. The van der Waals surface area contributed by atoms with Gasteiger partial charge in [-0.2, -0.15) is 0 Å². The summed E-state index contributed by atoms with van der Waals surface area (Å²) < 4.78 is 5.61. The van der Waals surface area contributed by atoms with E-state index in [1.807, 2.05) is 18.7 Å². The van der Waals surface area contributed by atoms with E-state index in [0.29, 0.717) is 26.0 Å². The summed E-state index contributed by atoms with van der Waals surface area (Å²) in [5.74, 6) is -1.65. The summed E-state index contributed by atoms with van der Waals surface area (Å²) in [6, 6.07) is 0.0927. The zero-order chi connectivity index (χ0) is 14.7. The van der Waals surface area contributed by atoms with Crippen LogP contribution in [0.1, 0.15) is 46.0 Å². The fraction of sp³-hybridized carbons (Fsp3) is 0.867. The molecule has 1 N–H and O–H groups in total. The molecule has 0 radical (unpaired) electrons. The van der Waals surface area contributed by atoms with Crippen molar-refractivity contribution in [2.24, 2.45) is 11.8 Å². The number of carbonyl (C=O) groups excluding carboxylic acids is 1. The summed E-state index contributed by atoms with van der Waals surface area (Å²) in [6.07, 6.45) is 4.09. The Morgan fingerprint density at radius 3 is 2.50 bits per heavy atom. The molecule has 1 heterocycles. The molecule has 1 aliphatic heterocycles. The molecule has 1 saturated carbocycles. The SMILES string of the molecule is CCC1COC(C)CN1C(=O)C1CCCCC1C(=O)O. The molecule has 0 bridgehead atoms. The second kappa shape index (κ2) is 6.57. The van der Waals surface area contributed by atoms with Gasteiger partial charge in [-0.15, -0.1) is 0 Å². The second-order valence-electron chi connectivity index (χ2n) is 6.03. The second-order valence-corrected chi connectivity index (χ2v) is 6.03. The van der Waals surface area contributed by atoms with Gasteiger partial charge in [0.25, 0.3) is 0 Å². The number of hydrogen-bond acceptors (Lipinski definition) is 3. The van der Waals surface area contributed by atoms with Crippen LogP contribution in [0.3, 0.4) is 0 Å². The molecule has 1 aliphatic carbocycles. The molecule has 2 rings (SSSR count). The van der Waals surface area contributed by atoms with E-state index in [9.17, 15) is 14.7 Å². The minimum absolute atomic E-state index is 0.0269. The van der Waals surface area contributed by atoms with Crippen molar-refractivity contribution in [3.8, 4) is 0 Å². The number of amides is 1. The van der Waals surface area contributed by atoms with E-state index in [2.05, 4.69) is 0 Å². The Labute approximate surface area is 120 Å². The van der Waals surface area contributed by atoms with Gasteiger partial charge < -0.3 is 14.7 Å². The van der Waals surface area contributed by atoms with Crippen molar-refractivity contribution >= 4 is 11.9 Å².